The van der Waals surface area contributed by atoms with E-state index in [-0.39, 0.29) is 12.3 Å². The molecule has 0 unspecified atom stereocenters. The standard InChI is InChI=1S/C16H13ClN6OS2/c1-8-5-9(2)23-15(18-8)20-13(22-23)6-14(24)21-16-19-10(7-25-16)11-3-4-12(17)26-11/h3-5,7H,6H2,1-2H3,(H,19,21,24). The molecule has 0 atom stereocenters. The summed E-state index contributed by atoms with van der Waals surface area (Å²) in [7, 11) is 0. The first-order valence-electron chi connectivity index (χ1n) is 7.69. The van der Waals surface area contributed by atoms with E-state index >= 15 is 0 Å². The summed E-state index contributed by atoms with van der Waals surface area (Å²) in [5.74, 6) is 0.697. The van der Waals surface area contributed by atoms with Crippen LogP contribution < -0.4 is 5.32 Å². The van der Waals surface area contributed by atoms with Gasteiger partial charge in [-0.05, 0) is 32.0 Å². The van der Waals surface area contributed by atoms with Gasteiger partial charge in [-0.25, -0.2) is 14.5 Å². The Kier molecular flexibility index (Phi) is 4.43. The van der Waals surface area contributed by atoms with Gasteiger partial charge in [0.15, 0.2) is 11.0 Å². The topological polar surface area (TPSA) is 85.1 Å². The SMILES string of the molecule is Cc1cc(C)n2nc(CC(=O)Nc3nc(-c4ccc(Cl)s4)cs3)nc2n1. The minimum atomic E-state index is -0.222. The van der Waals surface area contributed by atoms with Crippen molar-refractivity contribution in [2.24, 2.45) is 0 Å². The lowest BCUT2D eigenvalue weighted by atomic mass is 10.4. The molecule has 1 N–H and O–H groups in total. The van der Waals surface area contributed by atoms with Crippen LogP contribution in [0.4, 0.5) is 5.13 Å². The Bertz CT molecular complexity index is 1120. The Balaban J connectivity index is 1.47. The molecule has 4 aromatic rings. The summed E-state index contributed by atoms with van der Waals surface area (Å²) >= 11 is 8.76. The predicted octanol–water partition coefficient (Wildman–Crippen LogP) is 3.76. The minimum absolute atomic E-state index is 0.0571. The van der Waals surface area contributed by atoms with Crippen LogP contribution in [0.5, 0.6) is 0 Å². The van der Waals surface area contributed by atoms with Crippen LogP contribution in [0.2, 0.25) is 4.34 Å². The zero-order valence-electron chi connectivity index (χ0n) is 13.9. The van der Waals surface area contributed by atoms with Crippen molar-refractivity contribution in [2.45, 2.75) is 20.3 Å². The normalized spacial score (nSPS) is 11.2. The molecule has 1 amide bonds. The molecule has 10 heteroatoms. The number of hydrogen-bond acceptors (Lipinski definition) is 7. The van der Waals surface area contributed by atoms with Crippen LogP contribution in [0, 0.1) is 13.8 Å². The quantitative estimate of drug-likeness (QED) is 0.559. The summed E-state index contributed by atoms with van der Waals surface area (Å²) in [6.45, 7) is 3.82. The molecule has 0 aromatic carbocycles. The van der Waals surface area contributed by atoms with Gasteiger partial charge in [0.2, 0.25) is 5.91 Å². The molecule has 0 radical (unpaired) electrons. The molecule has 0 aliphatic rings. The van der Waals surface area contributed by atoms with E-state index in [0.717, 1.165) is 22.0 Å². The van der Waals surface area contributed by atoms with Crippen molar-refractivity contribution < 1.29 is 4.79 Å². The summed E-state index contributed by atoms with van der Waals surface area (Å²) in [5.41, 5.74) is 2.58. The van der Waals surface area contributed by atoms with Gasteiger partial charge in [-0.2, -0.15) is 4.98 Å². The lowest BCUT2D eigenvalue weighted by Crippen LogP contribution is -2.15. The molecule has 0 aliphatic carbocycles. The fraction of sp³-hybridized carbons (Fsp3) is 0.188. The number of thiophene rings is 1. The van der Waals surface area contributed by atoms with E-state index in [9.17, 15) is 4.79 Å². The molecule has 4 heterocycles. The number of nitrogens with one attached hydrogen (secondary N) is 1. The van der Waals surface area contributed by atoms with Gasteiger partial charge in [0.25, 0.3) is 5.78 Å². The highest BCUT2D eigenvalue weighted by molar-refractivity contribution is 7.20. The van der Waals surface area contributed by atoms with Crippen LogP contribution in [0.1, 0.15) is 17.2 Å². The van der Waals surface area contributed by atoms with Gasteiger partial charge in [-0.1, -0.05) is 11.6 Å². The molecule has 0 fully saturated rings. The Morgan fingerprint density at radius 2 is 2.12 bits per heavy atom. The van der Waals surface area contributed by atoms with Crippen molar-refractivity contribution in [3.8, 4) is 10.6 Å². The molecule has 0 spiro atoms. The van der Waals surface area contributed by atoms with Crippen molar-refractivity contribution in [1.82, 2.24) is 24.6 Å². The second kappa shape index (κ2) is 6.75. The Hall–Kier alpha value is -2.36. The molecule has 4 rings (SSSR count). The Morgan fingerprint density at radius 1 is 1.27 bits per heavy atom. The third-order valence-electron chi connectivity index (χ3n) is 3.56. The van der Waals surface area contributed by atoms with Crippen molar-refractivity contribution >= 4 is 51.1 Å². The highest BCUT2D eigenvalue weighted by Crippen LogP contribution is 2.32. The largest absolute Gasteiger partial charge is 0.302 e. The summed E-state index contributed by atoms with van der Waals surface area (Å²) in [5, 5.41) is 9.55. The summed E-state index contributed by atoms with van der Waals surface area (Å²) < 4.78 is 2.34. The zero-order valence-corrected chi connectivity index (χ0v) is 16.2. The highest BCUT2D eigenvalue weighted by atomic mass is 35.5. The number of carbonyl (C=O) groups is 1. The van der Waals surface area contributed by atoms with Crippen molar-refractivity contribution in [2.75, 3.05) is 5.32 Å². The maximum atomic E-state index is 12.3. The van der Waals surface area contributed by atoms with Crippen molar-refractivity contribution in [3.05, 3.63) is 45.1 Å². The van der Waals surface area contributed by atoms with Crippen molar-refractivity contribution in [3.63, 3.8) is 0 Å². The third-order valence-corrected chi connectivity index (χ3v) is 5.57. The van der Waals surface area contributed by atoms with E-state index in [1.807, 2.05) is 37.4 Å². The van der Waals surface area contributed by atoms with Gasteiger partial charge in [0, 0.05) is 16.8 Å². The number of hydrogen-bond donors (Lipinski definition) is 1. The molecule has 0 aliphatic heterocycles. The first kappa shape index (κ1) is 17.1. The number of aromatic nitrogens is 5. The lowest BCUT2D eigenvalue weighted by Gasteiger charge is -1.98. The molecule has 132 valence electrons. The summed E-state index contributed by atoms with van der Waals surface area (Å²) in [6.07, 6.45) is 0.0571. The minimum Gasteiger partial charge on any atom is -0.302 e. The molecule has 26 heavy (non-hydrogen) atoms. The molecule has 0 bridgehead atoms. The fourth-order valence-corrected chi connectivity index (χ4v) is 4.29. The van der Waals surface area contributed by atoms with Gasteiger partial charge >= 0.3 is 0 Å². The van der Waals surface area contributed by atoms with Crippen LogP contribution >= 0.6 is 34.3 Å². The van der Waals surface area contributed by atoms with E-state index in [4.69, 9.17) is 11.6 Å². The zero-order chi connectivity index (χ0) is 18.3. The number of halogens is 1. The number of nitrogens with zero attached hydrogens (tertiary/aromatic N) is 5. The summed E-state index contributed by atoms with van der Waals surface area (Å²) in [6, 6.07) is 5.65. The second-order valence-electron chi connectivity index (χ2n) is 5.65. The summed E-state index contributed by atoms with van der Waals surface area (Å²) in [4.78, 5) is 26.3. The van der Waals surface area contributed by atoms with E-state index in [1.54, 1.807) is 4.52 Å². The number of aryl methyl sites for hydroxylation is 2. The molecule has 4 aromatic heterocycles. The maximum absolute atomic E-state index is 12.3. The molecular weight excluding hydrogens is 392 g/mol. The monoisotopic (exact) mass is 404 g/mol. The van der Waals surface area contributed by atoms with Crippen LogP contribution in [0.15, 0.2) is 23.6 Å². The van der Waals surface area contributed by atoms with Crippen LogP contribution in [-0.2, 0) is 11.2 Å². The van der Waals surface area contributed by atoms with Gasteiger partial charge in [0.05, 0.1) is 21.3 Å². The number of fused-ring (bicyclic) bond motifs is 1. The van der Waals surface area contributed by atoms with Gasteiger partial charge in [0.1, 0.15) is 0 Å². The number of anilines is 1. The number of thiazole rings is 1. The van der Waals surface area contributed by atoms with Crippen LogP contribution in [0.3, 0.4) is 0 Å². The molecular formula is C16H13ClN6OS2. The van der Waals surface area contributed by atoms with Crippen molar-refractivity contribution in [1.29, 1.82) is 0 Å². The second-order valence-corrected chi connectivity index (χ2v) is 8.22. The van der Waals surface area contributed by atoms with Crippen LogP contribution in [0.25, 0.3) is 16.3 Å². The van der Waals surface area contributed by atoms with E-state index in [1.165, 1.54) is 22.7 Å². The Labute approximate surface area is 161 Å². The molecule has 7 nitrogen and oxygen atoms in total. The smallest absolute Gasteiger partial charge is 0.252 e. The third kappa shape index (κ3) is 3.46. The lowest BCUT2D eigenvalue weighted by molar-refractivity contribution is -0.115. The molecule has 0 saturated heterocycles. The highest BCUT2D eigenvalue weighted by Gasteiger charge is 2.14. The van der Waals surface area contributed by atoms with Gasteiger partial charge < -0.3 is 5.32 Å². The number of carbonyl (C=O) groups excluding carboxylic acids is 1. The average molecular weight is 405 g/mol. The predicted molar refractivity (Wildman–Crippen MR) is 103 cm³/mol. The number of rotatable bonds is 4. The van der Waals surface area contributed by atoms with E-state index in [0.29, 0.717) is 21.1 Å². The van der Waals surface area contributed by atoms with Gasteiger partial charge in [-0.3, -0.25) is 4.79 Å². The first-order chi connectivity index (χ1) is 12.5. The fourth-order valence-electron chi connectivity index (χ4n) is 2.49. The maximum Gasteiger partial charge on any atom is 0.252 e. The number of amides is 1. The van der Waals surface area contributed by atoms with E-state index in [2.05, 4.69) is 25.4 Å². The molecule has 0 saturated carbocycles. The van der Waals surface area contributed by atoms with Crippen LogP contribution in [-0.4, -0.2) is 30.5 Å². The Morgan fingerprint density at radius 3 is 2.88 bits per heavy atom. The first-order valence-corrected chi connectivity index (χ1v) is 9.76. The van der Waals surface area contributed by atoms with E-state index < -0.39 is 0 Å². The average Bonchev–Trinajstić information content (AvgIpc) is 3.27. The van der Waals surface area contributed by atoms with Gasteiger partial charge in [-0.15, -0.1) is 27.8 Å².